The zero-order valence-corrected chi connectivity index (χ0v) is 15.2. The molecule has 0 aliphatic carbocycles. The number of carboxylic acid groups (broad SMARTS) is 1. The van der Waals surface area contributed by atoms with Crippen LogP contribution in [0, 0.1) is 0 Å². The van der Waals surface area contributed by atoms with Crippen molar-refractivity contribution in [2.45, 2.75) is 38.1 Å². The van der Waals surface area contributed by atoms with Gasteiger partial charge in [0.15, 0.2) is 0 Å². The summed E-state index contributed by atoms with van der Waals surface area (Å²) in [5.74, 6) is -0.744. The Kier molecular flexibility index (Phi) is 6.67. The first-order valence-electron chi connectivity index (χ1n) is 9.52. The smallest absolute Gasteiger partial charge is 0.303 e. The SMILES string of the molecule is O=C(O)CCc1cccc(NC2CCN(CCc3ccccc3)CC2)c1. The molecule has 0 saturated carbocycles. The Morgan fingerprint density at radius 2 is 1.73 bits per heavy atom. The summed E-state index contributed by atoms with van der Waals surface area (Å²) in [4.78, 5) is 13.3. The maximum Gasteiger partial charge on any atom is 0.303 e. The lowest BCUT2D eigenvalue weighted by Gasteiger charge is -2.33. The Balaban J connectivity index is 1.42. The molecule has 138 valence electrons. The summed E-state index contributed by atoms with van der Waals surface area (Å²) in [6, 6.07) is 19.4. The van der Waals surface area contributed by atoms with Crippen molar-refractivity contribution in [2.24, 2.45) is 0 Å². The van der Waals surface area contributed by atoms with Crippen molar-refractivity contribution in [3.8, 4) is 0 Å². The summed E-state index contributed by atoms with van der Waals surface area (Å²) in [5, 5.41) is 12.5. The minimum Gasteiger partial charge on any atom is -0.481 e. The maximum absolute atomic E-state index is 10.7. The van der Waals surface area contributed by atoms with Crippen LogP contribution in [0.25, 0.3) is 0 Å². The van der Waals surface area contributed by atoms with Gasteiger partial charge < -0.3 is 15.3 Å². The molecule has 2 aromatic rings. The zero-order chi connectivity index (χ0) is 18.2. The third-order valence-corrected chi connectivity index (χ3v) is 5.07. The largest absolute Gasteiger partial charge is 0.481 e. The number of nitrogens with one attached hydrogen (secondary N) is 1. The van der Waals surface area contributed by atoms with E-state index in [1.165, 1.54) is 5.56 Å². The fourth-order valence-electron chi connectivity index (χ4n) is 3.54. The molecule has 0 atom stereocenters. The standard InChI is InChI=1S/C22H28N2O2/c25-22(26)10-9-19-7-4-8-21(17-19)23-20-12-15-24(16-13-20)14-11-18-5-2-1-3-6-18/h1-8,17,20,23H,9-16H2,(H,25,26). The van der Waals surface area contributed by atoms with Gasteiger partial charge in [-0.05, 0) is 48.9 Å². The highest BCUT2D eigenvalue weighted by molar-refractivity contribution is 5.67. The van der Waals surface area contributed by atoms with Gasteiger partial charge >= 0.3 is 5.97 Å². The van der Waals surface area contributed by atoms with E-state index in [0.29, 0.717) is 12.5 Å². The Morgan fingerprint density at radius 1 is 1.00 bits per heavy atom. The molecule has 0 bridgehead atoms. The number of anilines is 1. The molecule has 0 amide bonds. The third kappa shape index (κ3) is 5.88. The number of aliphatic carboxylic acids is 1. The van der Waals surface area contributed by atoms with E-state index >= 15 is 0 Å². The predicted octanol–water partition coefficient (Wildman–Crippen LogP) is 3.82. The second-order valence-corrected chi connectivity index (χ2v) is 7.09. The van der Waals surface area contributed by atoms with Crippen molar-refractivity contribution in [1.29, 1.82) is 0 Å². The molecule has 4 nitrogen and oxygen atoms in total. The predicted molar refractivity (Wildman–Crippen MR) is 106 cm³/mol. The van der Waals surface area contributed by atoms with E-state index in [2.05, 4.69) is 52.7 Å². The molecule has 0 unspecified atom stereocenters. The van der Waals surface area contributed by atoms with Crippen LogP contribution in [0.3, 0.4) is 0 Å². The van der Waals surface area contributed by atoms with Crippen LogP contribution >= 0.6 is 0 Å². The molecule has 26 heavy (non-hydrogen) atoms. The monoisotopic (exact) mass is 352 g/mol. The molecular weight excluding hydrogens is 324 g/mol. The first kappa shape index (κ1) is 18.5. The first-order valence-corrected chi connectivity index (χ1v) is 9.52. The lowest BCUT2D eigenvalue weighted by molar-refractivity contribution is -0.136. The number of carboxylic acids is 1. The number of rotatable bonds is 8. The van der Waals surface area contributed by atoms with Gasteiger partial charge in [-0.3, -0.25) is 4.79 Å². The summed E-state index contributed by atoms with van der Waals surface area (Å²) >= 11 is 0. The minimum atomic E-state index is -0.744. The summed E-state index contributed by atoms with van der Waals surface area (Å²) in [6.07, 6.45) is 4.18. The molecule has 4 heteroatoms. The second kappa shape index (κ2) is 9.39. The molecule has 1 aliphatic rings. The Morgan fingerprint density at radius 3 is 2.46 bits per heavy atom. The molecule has 1 aliphatic heterocycles. The Hall–Kier alpha value is -2.33. The van der Waals surface area contributed by atoms with Gasteiger partial charge in [-0.2, -0.15) is 0 Å². The van der Waals surface area contributed by atoms with Gasteiger partial charge in [0.2, 0.25) is 0 Å². The van der Waals surface area contributed by atoms with Crippen molar-refractivity contribution >= 4 is 11.7 Å². The average Bonchev–Trinajstić information content (AvgIpc) is 2.67. The summed E-state index contributed by atoms with van der Waals surface area (Å²) in [6.45, 7) is 3.38. The molecule has 0 radical (unpaired) electrons. The van der Waals surface area contributed by atoms with E-state index in [1.54, 1.807) is 0 Å². The molecule has 1 heterocycles. The topological polar surface area (TPSA) is 52.6 Å². The van der Waals surface area contributed by atoms with Crippen molar-refractivity contribution in [3.63, 3.8) is 0 Å². The fourth-order valence-corrected chi connectivity index (χ4v) is 3.54. The number of hydrogen-bond acceptors (Lipinski definition) is 3. The maximum atomic E-state index is 10.7. The lowest BCUT2D eigenvalue weighted by atomic mass is 10.0. The van der Waals surface area contributed by atoms with Crippen molar-refractivity contribution in [1.82, 2.24) is 4.90 Å². The number of benzene rings is 2. The van der Waals surface area contributed by atoms with Crippen molar-refractivity contribution in [2.75, 3.05) is 25.0 Å². The lowest BCUT2D eigenvalue weighted by Crippen LogP contribution is -2.40. The molecule has 2 N–H and O–H groups in total. The Bertz CT molecular complexity index is 694. The van der Waals surface area contributed by atoms with Gasteiger partial charge in [0.1, 0.15) is 0 Å². The van der Waals surface area contributed by atoms with E-state index in [-0.39, 0.29) is 6.42 Å². The zero-order valence-electron chi connectivity index (χ0n) is 15.2. The summed E-state index contributed by atoms with van der Waals surface area (Å²) in [7, 11) is 0. The molecular formula is C22H28N2O2. The number of carbonyl (C=O) groups is 1. The normalized spacial score (nSPS) is 15.7. The minimum absolute atomic E-state index is 0.184. The van der Waals surface area contributed by atoms with Gasteiger partial charge in [-0.15, -0.1) is 0 Å². The van der Waals surface area contributed by atoms with E-state index in [9.17, 15) is 4.79 Å². The van der Waals surface area contributed by atoms with Crippen LogP contribution in [0.4, 0.5) is 5.69 Å². The van der Waals surface area contributed by atoms with Crippen LogP contribution in [-0.2, 0) is 17.6 Å². The highest BCUT2D eigenvalue weighted by Crippen LogP contribution is 2.19. The van der Waals surface area contributed by atoms with E-state index in [1.807, 2.05) is 12.1 Å². The van der Waals surface area contributed by atoms with Crippen LogP contribution in [0.2, 0.25) is 0 Å². The van der Waals surface area contributed by atoms with Crippen LogP contribution in [0.5, 0.6) is 0 Å². The average molecular weight is 352 g/mol. The van der Waals surface area contributed by atoms with E-state index in [0.717, 1.165) is 50.1 Å². The van der Waals surface area contributed by atoms with E-state index < -0.39 is 5.97 Å². The van der Waals surface area contributed by atoms with Crippen molar-refractivity contribution < 1.29 is 9.90 Å². The van der Waals surface area contributed by atoms with Gasteiger partial charge in [0, 0.05) is 37.8 Å². The number of aryl methyl sites for hydroxylation is 1. The van der Waals surface area contributed by atoms with Gasteiger partial charge in [0.05, 0.1) is 0 Å². The Labute approximate surface area is 155 Å². The third-order valence-electron chi connectivity index (χ3n) is 5.07. The quantitative estimate of drug-likeness (QED) is 0.758. The highest BCUT2D eigenvalue weighted by atomic mass is 16.4. The van der Waals surface area contributed by atoms with Gasteiger partial charge in [-0.1, -0.05) is 42.5 Å². The molecule has 3 rings (SSSR count). The van der Waals surface area contributed by atoms with Gasteiger partial charge in [0.25, 0.3) is 0 Å². The number of hydrogen-bond donors (Lipinski definition) is 2. The summed E-state index contributed by atoms with van der Waals surface area (Å²) in [5.41, 5.74) is 3.60. The molecule has 0 aromatic heterocycles. The molecule has 1 saturated heterocycles. The number of piperidine rings is 1. The van der Waals surface area contributed by atoms with E-state index in [4.69, 9.17) is 5.11 Å². The van der Waals surface area contributed by atoms with Crippen LogP contribution < -0.4 is 5.32 Å². The van der Waals surface area contributed by atoms with Crippen LogP contribution in [0.15, 0.2) is 54.6 Å². The van der Waals surface area contributed by atoms with Gasteiger partial charge in [-0.25, -0.2) is 0 Å². The molecule has 2 aromatic carbocycles. The second-order valence-electron chi connectivity index (χ2n) is 7.09. The first-order chi connectivity index (χ1) is 12.7. The van der Waals surface area contributed by atoms with Crippen molar-refractivity contribution in [3.05, 3.63) is 65.7 Å². The number of likely N-dealkylation sites (tertiary alicyclic amines) is 1. The highest BCUT2D eigenvalue weighted by Gasteiger charge is 2.18. The summed E-state index contributed by atoms with van der Waals surface area (Å²) < 4.78 is 0. The fraction of sp³-hybridized carbons (Fsp3) is 0.409. The molecule has 0 spiro atoms. The van der Waals surface area contributed by atoms with Crippen LogP contribution in [0.1, 0.15) is 30.4 Å². The van der Waals surface area contributed by atoms with Crippen LogP contribution in [-0.4, -0.2) is 41.7 Å². The number of nitrogens with zero attached hydrogens (tertiary/aromatic N) is 1. The molecule has 1 fully saturated rings.